The van der Waals surface area contributed by atoms with Gasteiger partial charge in [-0.05, 0) is 30.4 Å². The van der Waals surface area contributed by atoms with Crippen molar-refractivity contribution in [3.63, 3.8) is 0 Å². The minimum atomic E-state index is 0.737. The molecule has 0 unspecified atom stereocenters. The van der Waals surface area contributed by atoms with Crippen molar-refractivity contribution in [2.24, 2.45) is 0 Å². The maximum atomic E-state index is 9.89. The van der Waals surface area contributed by atoms with Gasteiger partial charge in [-0.25, -0.2) is 0 Å². The number of amides is 1. The molecule has 0 aromatic carbocycles. The van der Waals surface area contributed by atoms with Gasteiger partial charge in [-0.1, -0.05) is 0 Å². The van der Waals surface area contributed by atoms with Gasteiger partial charge in [0.1, 0.15) is 0 Å². The smallest absolute Gasteiger partial charge is 0.207 e. The van der Waals surface area contributed by atoms with Crippen molar-refractivity contribution in [3.05, 3.63) is 21.9 Å². The van der Waals surface area contributed by atoms with Crippen molar-refractivity contribution in [1.29, 1.82) is 0 Å². The van der Waals surface area contributed by atoms with Crippen LogP contribution in [0, 0.1) is 6.92 Å². The van der Waals surface area contributed by atoms with Crippen LogP contribution in [0.5, 0.6) is 0 Å². The molecule has 0 atom stereocenters. The zero-order chi connectivity index (χ0) is 8.10. The molecule has 0 aliphatic heterocycles. The van der Waals surface area contributed by atoms with Crippen LogP contribution < -0.4 is 5.32 Å². The molecule has 0 fully saturated rings. The molecule has 1 heterocycles. The van der Waals surface area contributed by atoms with Crippen LogP contribution in [0.25, 0.3) is 0 Å². The monoisotopic (exact) mass is 169 g/mol. The van der Waals surface area contributed by atoms with Gasteiger partial charge in [0.05, 0.1) is 0 Å². The van der Waals surface area contributed by atoms with E-state index in [1.165, 1.54) is 10.4 Å². The fraction of sp³-hybridized carbons (Fsp3) is 0.375. The largest absolute Gasteiger partial charge is 0.358 e. The lowest BCUT2D eigenvalue weighted by Crippen LogP contribution is -2.13. The molecular weight excluding hydrogens is 158 g/mol. The van der Waals surface area contributed by atoms with E-state index >= 15 is 0 Å². The second-order valence-corrected chi connectivity index (χ2v) is 3.41. The standard InChI is InChI=1S/C8H11NOS/c1-7-4-8(11-5-7)2-3-9-6-10/h4-6H,2-3H2,1H3,(H,9,10). The highest BCUT2D eigenvalue weighted by Gasteiger charge is 1.94. The predicted molar refractivity (Wildman–Crippen MR) is 46.8 cm³/mol. The minimum absolute atomic E-state index is 0.737. The zero-order valence-corrected chi connectivity index (χ0v) is 7.28. The second-order valence-electron chi connectivity index (χ2n) is 2.41. The fourth-order valence-corrected chi connectivity index (χ4v) is 1.76. The number of carbonyl (C=O) groups is 1. The third kappa shape index (κ3) is 2.72. The average Bonchev–Trinajstić information content (AvgIpc) is 2.37. The van der Waals surface area contributed by atoms with E-state index in [2.05, 4.69) is 23.7 Å². The average molecular weight is 169 g/mol. The number of nitrogens with one attached hydrogen (secondary N) is 1. The Balaban J connectivity index is 2.32. The Morgan fingerprint density at radius 1 is 1.73 bits per heavy atom. The normalized spacial score (nSPS) is 9.55. The van der Waals surface area contributed by atoms with Crippen molar-refractivity contribution >= 4 is 17.7 Å². The third-order valence-corrected chi connectivity index (χ3v) is 2.50. The van der Waals surface area contributed by atoms with Gasteiger partial charge < -0.3 is 5.32 Å². The van der Waals surface area contributed by atoms with Crippen LogP contribution in [-0.2, 0) is 11.2 Å². The summed E-state index contributed by atoms with van der Waals surface area (Å²) in [7, 11) is 0. The van der Waals surface area contributed by atoms with Crippen LogP contribution in [0.3, 0.4) is 0 Å². The van der Waals surface area contributed by atoms with Gasteiger partial charge in [0.25, 0.3) is 0 Å². The first kappa shape index (κ1) is 8.27. The van der Waals surface area contributed by atoms with Gasteiger partial charge in [0.2, 0.25) is 6.41 Å². The van der Waals surface area contributed by atoms with Gasteiger partial charge in [-0.3, -0.25) is 4.79 Å². The molecule has 1 amide bonds. The summed E-state index contributed by atoms with van der Waals surface area (Å²) in [4.78, 5) is 11.2. The molecular formula is C8H11NOS. The number of carbonyl (C=O) groups excluding carboxylic acids is 1. The lowest BCUT2D eigenvalue weighted by Gasteiger charge is -1.93. The quantitative estimate of drug-likeness (QED) is 0.535. The summed E-state index contributed by atoms with van der Waals surface area (Å²) in [5, 5.41) is 4.75. The lowest BCUT2D eigenvalue weighted by molar-refractivity contribution is -0.109. The van der Waals surface area contributed by atoms with Crippen LogP contribution in [0.15, 0.2) is 11.4 Å². The van der Waals surface area contributed by atoms with Gasteiger partial charge >= 0.3 is 0 Å². The van der Waals surface area contributed by atoms with Crippen molar-refractivity contribution in [2.75, 3.05) is 6.54 Å². The number of thiophene rings is 1. The molecule has 0 saturated heterocycles. The Morgan fingerprint density at radius 2 is 2.55 bits per heavy atom. The number of rotatable bonds is 4. The third-order valence-electron chi connectivity index (χ3n) is 1.38. The Labute approximate surface area is 70.2 Å². The summed E-state index contributed by atoms with van der Waals surface area (Å²) in [6.07, 6.45) is 1.68. The van der Waals surface area contributed by atoms with E-state index in [9.17, 15) is 4.79 Å². The summed E-state index contributed by atoms with van der Waals surface area (Å²) >= 11 is 1.74. The highest BCUT2D eigenvalue weighted by molar-refractivity contribution is 7.10. The molecule has 0 spiro atoms. The molecule has 0 radical (unpaired) electrons. The molecule has 0 aliphatic rings. The van der Waals surface area contributed by atoms with Crippen LogP contribution >= 0.6 is 11.3 Å². The van der Waals surface area contributed by atoms with Gasteiger partial charge in [0.15, 0.2) is 0 Å². The van der Waals surface area contributed by atoms with Gasteiger partial charge in [0, 0.05) is 11.4 Å². The van der Waals surface area contributed by atoms with Crippen molar-refractivity contribution in [2.45, 2.75) is 13.3 Å². The Hall–Kier alpha value is -0.830. The predicted octanol–water partition coefficient (Wildman–Crippen LogP) is 1.35. The highest BCUT2D eigenvalue weighted by atomic mass is 32.1. The molecule has 1 aromatic heterocycles. The first-order chi connectivity index (χ1) is 5.33. The Kier molecular flexibility index (Phi) is 3.11. The molecule has 60 valence electrons. The summed E-state index contributed by atoms with van der Waals surface area (Å²) in [6, 6.07) is 2.15. The maximum absolute atomic E-state index is 9.89. The topological polar surface area (TPSA) is 29.1 Å². The summed E-state index contributed by atoms with van der Waals surface area (Å²) in [5.74, 6) is 0. The molecule has 2 nitrogen and oxygen atoms in total. The van der Waals surface area contributed by atoms with Crippen molar-refractivity contribution in [1.82, 2.24) is 5.32 Å². The SMILES string of the molecule is Cc1csc(CCNC=O)c1. The van der Waals surface area contributed by atoms with Crippen LogP contribution in [0.2, 0.25) is 0 Å². The van der Waals surface area contributed by atoms with E-state index in [0.29, 0.717) is 0 Å². The molecule has 1 N–H and O–H groups in total. The summed E-state index contributed by atoms with van der Waals surface area (Å²) in [6.45, 7) is 2.82. The second kappa shape index (κ2) is 4.13. The molecule has 0 saturated carbocycles. The van der Waals surface area contributed by atoms with E-state index in [0.717, 1.165) is 19.4 Å². The molecule has 1 rings (SSSR count). The first-order valence-electron chi connectivity index (χ1n) is 3.54. The van der Waals surface area contributed by atoms with Crippen molar-refractivity contribution < 1.29 is 4.79 Å². The molecule has 0 aliphatic carbocycles. The lowest BCUT2D eigenvalue weighted by atomic mass is 10.3. The van der Waals surface area contributed by atoms with E-state index in [1.54, 1.807) is 11.3 Å². The molecule has 11 heavy (non-hydrogen) atoms. The van der Waals surface area contributed by atoms with E-state index < -0.39 is 0 Å². The van der Waals surface area contributed by atoms with Crippen LogP contribution in [0.4, 0.5) is 0 Å². The Morgan fingerprint density at radius 3 is 3.09 bits per heavy atom. The van der Waals surface area contributed by atoms with Crippen LogP contribution in [-0.4, -0.2) is 13.0 Å². The fourth-order valence-electron chi connectivity index (χ4n) is 0.876. The zero-order valence-electron chi connectivity index (χ0n) is 6.46. The summed E-state index contributed by atoms with van der Waals surface area (Å²) in [5.41, 5.74) is 1.30. The van der Waals surface area contributed by atoms with Gasteiger partial charge in [-0.2, -0.15) is 0 Å². The van der Waals surface area contributed by atoms with E-state index in [-0.39, 0.29) is 0 Å². The molecule has 1 aromatic rings. The minimum Gasteiger partial charge on any atom is -0.358 e. The molecule has 3 heteroatoms. The number of hydrogen-bond donors (Lipinski definition) is 1. The van der Waals surface area contributed by atoms with E-state index in [1.807, 2.05) is 0 Å². The van der Waals surface area contributed by atoms with Crippen molar-refractivity contribution in [3.8, 4) is 0 Å². The highest BCUT2D eigenvalue weighted by Crippen LogP contribution is 2.13. The maximum Gasteiger partial charge on any atom is 0.207 e. The van der Waals surface area contributed by atoms with Gasteiger partial charge in [-0.15, -0.1) is 11.3 Å². The first-order valence-corrected chi connectivity index (χ1v) is 4.42. The Bertz CT molecular complexity index is 232. The molecule has 0 bridgehead atoms. The van der Waals surface area contributed by atoms with Crippen LogP contribution in [0.1, 0.15) is 10.4 Å². The van der Waals surface area contributed by atoms with E-state index in [4.69, 9.17) is 0 Å². The number of aryl methyl sites for hydroxylation is 1. The summed E-state index contributed by atoms with van der Waals surface area (Å²) < 4.78 is 0. The number of hydrogen-bond acceptors (Lipinski definition) is 2.